The van der Waals surface area contributed by atoms with Gasteiger partial charge >= 0.3 is 0 Å². The fourth-order valence-corrected chi connectivity index (χ4v) is 1.57. The number of hydrogen-bond donors (Lipinski definition) is 1. The second-order valence-electron chi connectivity index (χ2n) is 4.31. The van der Waals surface area contributed by atoms with E-state index in [9.17, 15) is 4.79 Å². The van der Waals surface area contributed by atoms with Gasteiger partial charge in [-0.2, -0.15) is 0 Å². The number of carbonyl (C=O) groups is 1. The number of benzene rings is 1. The molecule has 0 saturated carbocycles. The van der Waals surface area contributed by atoms with E-state index in [4.69, 9.17) is 5.73 Å². The summed E-state index contributed by atoms with van der Waals surface area (Å²) in [6.07, 6.45) is 0. The number of carbonyl (C=O) groups excluding carboxylic acids is 1. The first kappa shape index (κ1) is 20.3. The second-order valence-corrected chi connectivity index (χ2v) is 4.31. The molecule has 1 atom stereocenters. The molecule has 110 valence electrons. The Kier molecular flexibility index (Phi) is 10.6. The lowest BCUT2D eigenvalue weighted by Gasteiger charge is -2.24. The summed E-state index contributed by atoms with van der Waals surface area (Å²) >= 11 is 0. The summed E-state index contributed by atoms with van der Waals surface area (Å²) in [7, 11) is 3.80. The Balaban J connectivity index is 0. The Labute approximate surface area is 127 Å². The van der Waals surface area contributed by atoms with Crippen LogP contribution in [0.3, 0.4) is 0 Å². The third-order valence-corrected chi connectivity index (χ3v) is 2.73. The van der Waals surface area contributed by atoms with Crippen LogP contribution < -0.4 is 10.6 Å². The molecule has 0 heterocycles. The zero-order chi connectivity index (χ0) is 12.8. The molecule has 1 aromatic rings. The van der Waals surface area contributed by atoms with Gasteiger partial charge in [-0.05, 0) is 19.1 Å². The van der Waals surface area contributed by atoms with E-state index in [1.807, 2.05) is 37.4 Å². The van der Waals surface area contributed by atoms with Crippen LogP contribution in [0.25, 0.3) is 0 Å². The van der Waals surface area contributed by atoms with E-state index in [2.05, 4.69) is 4.90 Å². The zero-order valence-electron chi connectivity index (χ0n) is 11.6. The average molecular weight is 308 g/mol. The highest BCUT2D eigenvalue weighted by molar-refractivity contribution is 5.85. The minimum atomic E-state index is -0.429. The van der Waals surface area contributed by atoms with Gasteiger partial charge in [0.1, 0.15) is 0 Å². The second kappa shape index (κ2) is 9.89. The molecule has 0 unspecified atom stereocenters. The first-order valence-electron chi connectivity index (χ1n) is 5.79. The highest BCUT2D eigenvalue weighted by atomic mass is 35.5. The first-order chi connectivity index (χ1) is 8.02. The van der Waals surface area contributed by atoms with Crippen LogP contribution in [-0.2, 0) is 4.79 Å². The van der Waals surface area contributed by atoms with Crippen molar-refractivity contribution in [3.63, 3.8) is 0 Å². The molecule has 2 N–H and O–H groups in total. The van der Waals surface area contributed by atoms with Crippen LogP contribution in [0.1, 0.15) is 6.92 Å². The van der Waals surface area contributed by atoms with Gasteiger partial charge in [-0.3, -0.25) is 4.79 Å². The fraction of sp³-hybridized carbons (Fsp3) is 0.462. The van der Waals surface area contributed by atoms with E-state index in [0.29, 0.717) is 6.54 Å². The van der Waals surface area contributed by atoms with Crippen molar-refractivity contribution in [3.05, 3.63) is 30.3 Å². The van der Waals surface area contributed by atoms with Gasteiger partial charge in [0.25, 0.3) is 0 Å². The number of para-hydroxylation sites is 1. The van der Waals surface area contributed by atoms with Crippen molar-refractivity contribution < 1.29 is 4.79 Å². The van der Waals surface area contributed by atoms with Crippen LogP contribution in [0.2, 0.25) is 0 Å². The molecule has 0 spiro atoms. The van der Waals surface area contributed by atoms with E-state index in [1.165, 1.54) is 0 Å². The minimum Gasteiger partial charge on any atom is -0.373 e. The number of anilines is 1. The van der Waals surface area contributed by atoms with Crippen molar-refractivity contribution in [1.29, 1.82) is 0 Å². The Morgan fingerprint density at radius 2 is 1.68 bits per heavy atom. The van der Waals surface area contributed by atoms with Gasteiger partial charge in [0.15, 0.2) is 0 Å². The van der Waals surface area contributed by atoms with Crippen molar-refractivity contribution in [2.75, 3.05) is 32.1 Å². The average Bonchev–Trinajstić information content (AvgIpc) is 2.35. The Morgan fingerprint density at radius 3 is 2.16 bits per heavy atom. The van der Waals surface area contributed by atoms with Gasteiger partial charge in [-0.1, -0.05) is 18.2 Å². The van der Waals surface area contributed by atoms with Gasteiger partial charge in [-0.15, -0.1) is 24.8 Å². The zero-order valence-corrected chi connectivity index (χ0v) is 13.2. The Bertz CT molecular complexity index is 360. The number of nitrogens with zero attached hydrogens (tertiary/aromatic N) is 2. The molecule has 0 aliphatic heterocycles. The van der Waals surface area contributed by atoms with Crippen LogP contribution in [0.15, 0.2) is 30.3 Å². The lowest BCUT2D eigenvalue weighted by molar-refractivity contribution is -0.130. The highest BCUT2D eigenvalue weighted by Crippen LogP contribution is 2.10. The van der Waals surface area contributed by atoms with E-state index in [-0.39, 0.29) is 30.7 Å². The predicted molar refractivity (Wildman–Crippen MR) is 85.5 cm³/mol. The molecule has 0 aliphatic rings. The largest absolute Gasteiger partial charge is 0.373 e. The van der Waals surface area contributed by atoms with Gasteiger partial charge in [-0.25, -0.2) is 0 Å². The van der Waals surface area contributed by atoms with Crippen LogP contribution >= 0.6 is 24.8 Å². The quantitative estimate of drug-likeness (QED) is 0.902. The number of nitrogens with two attached hydrogens (primary N) is 1. The van der Waals surface area contributed by atoms with Gasteiger partial charge in [0.05, 0.1) is 6.04 Å². The standard InChI is InChI=1S/C13H21N3O.2ClH/c1-11(14)13(17)16(3)10-9-15(2)12-7-5-4-6-8-12;;/h4-8,11H,9-10,14H2,1-3H3;2*1H/t11-;;/m1../s1. The van der Waals surface area contributed by atoms with Crippen LogP contribution in [0.4, 0.5) is 5.69 Å². The molecule has 4 nitrogen and oxygen atoms in total. The third kappa shape index (κ3) is 6.66. The number of halogens is 2. The maximum absolute atomic E-state index is 11.6. The molecule has 0 saturated heterocycles. The minimum absolute atomic E-state index is 0. The molecule has 1 amide bonds. The molecule has 0 radical (unpaired) electrons. The lowest BCUT2D eigenvalue weighted by atomic mass is 10.3. The number of amides is 1. The van der Waals surface area contributed by atoms with E-state index >= 15 is 0 Å². The third-order valence-electron chi connectivity index (χ3n) is 2.73. The summed E-state index contributed by atoms with van der Waals surface area (Å²) in [5, 5.41) is 0. The van der Waals surface area contributed by atoms with E-state index in [0.717, 1.165) is 12.2 Å². The summed E-state index contributed by atoms with van der Waals surface area (Å²) in [4.78, 5) is 15.4. The van der Waals surface area contributed by atoms with Gasteiger partial charge < -0.3 is 15.5 Å². The summed E-state index contributed by atoms with van der Waals surface area (Å²) in [6.45, 7) is 3.17. The SMILES string of the molecule is C[C@@H](N)C(=O)N(C)CCN(C)c1ccccc1.Cl.Cl. The lowest BCUT2D eigenvalue weighted by Crippen LogP contribution is -2.42. The number of likely N-dealkylation sites (N-methyl/N-ethyl adjacent to an activating group) is 2. The highest BCUT2D eigenvalue weighted by Gasteiger charge is 2.13. The van der Waals surface area contributed by atoms with E-state index < -0.39 is 6.04 Å². The van der Waals surface area contributed by atoms with Gasteiger partial charge in [0, 0.05) is 32.9 Å². The molecule has 0 aromatic heterocycles. The monoisotopic (exact) mass is 307 g/mol. The molecular formula is C13H23Cl2N3O. The molecular weight excluding hydrogens is 285 g/mol. The molecule has 1 aromatic carbocycles. The van der Waals surface area contributed by atoms with Crippen molar-refractivity contribution in [2.24, 2.45) is 5.73 Å². The van der Waals surface area contributed by atoms with Crippen molar-refractivity contribution in [2.45, 2.75) is 13.0 Å². The smallest absolute Gasteiger partial charge is 0.238 e. The fourth-order valence-electron chi connectivity index (χ4n) is 1.57. The van der Waals surface area contributed by atoms with Crippen molar-refractivity contribution >= 4 is 36.4 Å². The van der Waals surface area contributed by atoms with Gasteiger partial charge in [0.2, 0.25) is 5.91 Å². The maximum Gasteiger partial charge on any atom is 0.238 e. The Morgan fingerprint density at radius 1 is 1.16 bits per heavy atom. The van der Waals surface area contributed by atoms with Crippen molar-refractivity contribution in [3.8, 4) is 0 Å². The number of rotatable bonds is 5. The normalized spacial score (nSPS) is 10.7. The van der Waals surface area contributed by atoms with Crippen LogP contribution in [0.5, 0.6) is 0 Å². The Hall–Kier alpha value is -0.970. The van der Waals surface area contributed by atoms with E-state index in [1.54, 1.807) is 18.9 Å². The predicted octanol–water partition coefficient (Wildman–Crippen LogP) is 1.77. The number of hydrogen-bond acceptors (Lipinski definition) is 3. The molecule has 6 heteroatoms. The summed E-state index contributed by atoms with van der Waals surface area (Å²) in [5.41, 5.74) is 6.70. The summed E-state index contributed by atoms with van der Waals surface area (Å²) < 4.78 is 0. The molecule has 0 aliphatic carbocycles. The topological polar surface area (TPSA) is 49.6 Å². The van der Waals surface area contributed by atoms with Crippen molar-refractivity contribution in [1.82, 2.24) is 4.90 Å². The van der Waals surface area contributed by atoms with Crippen LogP contribution in [0, 0.1) is 0 Å². The molecule has 0 fully saturated rings. The molecule has 19 heavy (non-hydrogen) atoms. The maximum atomic E-state index is 11.6. The molecule has 1 rings (SSSR count). The summed E-state index contributed by atoms with van der Waals surface area (Å²) in [6, 6.07) is 9.66. The van der Waals surface area contributed by atoms with Crippen LogP contribution in [-0.4, -0.2) is 44.0 Å². The molecule has 0 bridgehead atoms. The first-order valence-corrected chi connectivity index (χ1v) is 5.79. The summed E-state index contributed by atoms with van der Waals surface area (Å²) in [5.74, 6) is -0.0218.